The average molecular weight is 391 g/mol. The zero-order valence-corrected chi connectivity index (χ0v) is 15.3. The van der Waals surface area contributed by atoms with Gasteiger partial charge < -0.3 is 9.84 Å². The summed E-state index contributed by atoms with van der Waals surface area (Å²) in [4.78, 5) is 23.8. The third kappa shape index (κ3) is 5.77. The lowest BCUT2D eigenvalue weighted by molar-refractivity contribution is -0.146. The van der Waals surface area contributed by atoms with Gasteiger partial charge in [-0.25, -0.2) is 9.18 Å². The molecule has 1 rings (SSSR count). The predicted molar refractivity (Wildman–Crippen MR) is 89.1 cm³/mol. The summed E-state index contributed by atoms with van der Waals surface area (Å²) in [6, 6.07) is 1.77. The SMILES string of the molecule is CC[C@H](C(=N)C(=O)OC(C)(C)C)[C@H](C(=O)O)c1ccc(C(F)(F)F)c(F)c1. The van der Waals surface area contributed by atoms with E-state index < -0.39 is 52.6 Å². The Morgan fingerprint density at radius 1 is 1.22 bits per heavy atom. The molecule has 0 spiro atoms. The standard InChI is InChI=1S/C18H21F4NO4/c1-5-10(14(23)16(26)27-17(2,3)4)13(15(24)25)9-6-7-11(12(19)8-9)18(20,21)22/h6-8,10,13,23H,5H2,1-4H3,(H,24,25)/t10-,13+/m0/s1. The van der Waals surface area contributed by atoms with E-state index in [0.29, 0.717) is 12.1 Å². The Morgan fingerprint density at radius 3 is 2.15 bits per heavy atom. The van der Waals surface area contributed by atoms with Crippen molar-refractivity contribution in [3.63, 3.8) is 0 Å². The topological polar surface area (TPSA) is 87.5 Å². The van der Waals surface area contributed by atoms with E-state index in [4.69, 9.17) is 10.1 Å². The molecule has 0 aliphatic carbocycles. The summed E-state index contributed by atoms with van der Waals surface area (Å²) in [5, 5.41) is 17.5. The lowest BCUT2D eigenvalue weighted by atomic mass is 9.80. The number of carboxylic acid groups (broad SMARTS) is 1. The third-order valence-electron chi connectivity index (χ3n) is 3.76. The fraction of sp³-hybridized carbons (Fsp3) is 0.500. The Bertz CT molecular complexity index is 738. The second kappa shape index (κ2) is 8.06. The monoisotopic (exact) mass is 391 g/mol. The molecule has 27 heavy (non-hydrogen) atoms. The lowest BCUT2D eigenvalue weighted by Crippen LogP contribution is -2.36. The second-order valence-corrected chi connectivity index (χ2v) is 6.98. The molecule has 0 aliphatic rings. The highest BCUT2D eigenvalue weighted by Crippen LogP contribution is 2.35. The fourth-order valence-electron chi connectivity index (χ4n) is 2.59. The molecule has 0 saturated carbocycles. The van der Waals surface area contributed by atoms with Gasteiger partial charge in [-0.3, -0.25) is 10.2 Å². The van der Waals surface area contributed by atoms with Crippen LogP contribution in [-0.4, -0.2) is 28.4 Å². The third-order valence-corrected chi connectivity index (χ3v) is 3.76. The number of hydrogen-bond acceptors (Lipinski definition) is 4. The van der Waals surface area contributed by atoms with Crippen molar-refractivity contribution >= 4 is 17.7 Å². The van der Waals surface area contributed by atoms with Gasteiger partial charge in [0.05, 0.1) is 11.5 Å². The first-order chi connectivity index (χ1) is 12.2. The van der Waals surface area contributed by atoms with Crippen LogP contribution in [0.2, 0.25) is 0 Å². The minimum atomic E-state index is -4.92. The molecule has 0 aliphatic heterocycles. The first-order valence-corrected chi connectivity index (χ1v) is 8.10. The van der Waals surface area contributed by atoms with Crippen molar-refractivity contribution < 1.29 is 37.0 Å². The molecule has 0 fully saturated rings. The molecule has 1 aromatic carbocycles. The van der Waals surface area contributed by atoms with Crippen LogP contribution in [0.5, 0.6) is 0 Å². The predicted octanol–water partition coefficient (Wildman–Crippen LogP) is 4.40. The molecule has 0 bridgehead atoms. The van der Waals surface area contributed by atoms with Gasteiger partial charge in [0.15, 0.2) is 0 Å². The number of rotatable bonds is 6. The Balaban J connectivity index is 3.30. The number of ether oxygens (including phenoxy) is 1. The van der Waals surface area contributed by atoms with Gasteiger partial charge in [0.25, 0.3) is 0 Å². The number of carbonyl (C=O) groups excluding carboxylic acids is 1. The Morgan fingerprint density at radius 2 is 1.78 bits per heavy atom. The van der Waals surface area contributed by atoms with E-state index >= 15 is 0 Å². The number of carboxylic acids is 1. The summed E-state index contributed by atoms with van der Waals surface area (Å²) >= 11 is 0. The van der Waals surface area contributed by atoms with Gasteiger partial charge in [-0.05, 0) is 44.9 Å². The minimum absolute atomic E-state index is 0.0116. The molecule has 0 saturated heterocycles. The Labute approximate surface area is 153 Å². The number of nitrogens with one attached hydrogen (secondary N) is 1. The highest BCUT2D eigenvalue weighted by atomic mass is 19.4. The molecule has 150 valence electrons. The van der Waals surface area contributed by atoms with E-state index in [1.165, 1.54) is 6.92 Å². The highest BCUT2D eigenvalue weighted by Gasteiger charge is 2.38. The number of alkyl halides is 3. The van der Waals surface area contributed by atoms with E-state index in [9.17, 15) is 32.3 Å². The average Bonchev–Trinajstić information content (AvgIpc) is 2.48. The van der Waals surface area contributed by atoms with E-state index in [1.807, 2.05) is 0 Å². The minimum Gasteiger partial charge on any atom is -0.481 e. The van der Waals surface area contributed by atoms with Crippen molar-refractivity contribution in [3.05, 3.63) is 35.1 Å². The van der Waals surface area contributed by atoms with Gasteiger partial charge in [-0.1, -0.05) is 13.0 Å². The van der Waals surface area contributed by atoms with Gasteiger partial charge >= 0.3 is 18.1 Å². The molecule has 0 amide bonds. The molecule has 0 unspecified atom stereocenters. The Kier molecular flexibility index (Phi) is 6.74. The molecule has 0 radical (unpaired) electrons. The van der Waals surface area contributed by atoms with E-state index in [1.54, 1.807) is 20.8 Å². The van der Waals surface area contributed by atoms with E-state index in [2.05, 4.69) is 0 Å². The Hall–Kier alpha value is -2.45. The fourth-order valence-corrected chi connectivity index (χ4v) is 2.59. The highest BCUT2D eigenvalue weighted by molar-refractivity contribution is 6.36. The first kappa shape index (κ1) is 22.6. The smallest absolute Gasteiger partial charge is 0.419 e. The first-order valence-electron chi connectivity index (χ1n) is 8.10. The lowest BCUT2D eigenvalue weighted by Gasteiger charge is -2.26. The summed E-state index contributed by atoms with van der Waals surface area (Å²) < 4.78 is 57.0. The number of benzene rings is 1. The van der Waals surface area contributed by atoms with Crippen molar-refractivity contribution in [3.8, 4) is 0 Å². The summed E-state index contributed by atoms with van der Waals surface area (Å²) in [6.45, 7) is 6.22. The number of hydrogen-bond donors (Lipinski definition) is 2. The van der Waals surface area contributed by atoms with Crippen LogP contribution in [0.15, 0.2) is 18.2 Å². The van der Waals surface area contributed by atoms with Crippen molar-refractivity contribution in [2.45, 2.75) is 51.8 Å². The molecule has 5 nitrogen and oxygen atoms in total. The van der Waals surface area contributed by atoms with E-state index in [0.717, 1.165) is 6.07 Å². The van der Waals surface area contributed by atoms with Crippen molar-refractivity contribution in [1.29, 1.82) is 5.41 Å². The quantitative estimate of drug-likeness (QED) is 0.427. The van der Waals surface area contributed by atoms with Crippen LogP contribution < -0.4 is 0 Å². The molecular formula is C18H21F4NO4. The van der Waals surface area contributed by atoms with E-state index in [-0.39, 0.29) is 12.0 Å². The molecule has 9 heteroatoms. The number of carbonyl (C=O) groups is 2. The summed E-state index contributed by atoms with van der Waals surface area (Å²) in [5.74, 6) is -6.92. The normalized spacial score (nSPS) is 14.4. The molecule has 0 aromatic heterocycles. The molecule has 1 aromatic rings. The van der Waals surface area contributed by atoms with Crippen LogP contribution in [0.25, 0.3) is 0 Å². The zero-order valence-electron chi connectivity index (χ0n) is 15.3. The number of esters is 1. The van der Waals surface area contributed by atoms with Gasteiger partial charge in [-0.2, -0.15) is 13.2 Å². The summed E-state index contributed by atoms with van der Waals surface area (Å²) in [5.41, 5.74) is -3.35. The van der Waals surface area contributed by atoms with Gasteiger partial charge in [0, 0.05) is 5.92 Å². The maximum atomic E-state index is 13.9. The van der Waals surface area contributed by atoms with Gasteiger partial charge in [0.1, 0.15) is 17.1 Å². The van der Waals surface area contributed by atoms with Crippen LogP contribution in [0.4, 0.5) is 17.6 Å². The van der Waals surface area contributed by atoms with Gasteiger partial charge in [0.2, 0.25) is 0 Å². The van der Waals surface area contributed by atoms with Gasteiger partial charge in [-0.15, -0.1) is 0 Å². The number of halogens is 4. The zero-order chi connectivity index (χ0) is 21.2. The number of aliphatic carboxylic acids is 1. The maximum absolute atomic E-state index is 13.9. The molecule has 2 atom stereocenters. The van der Waals surface area contributed by atoms with Crippen LogP contribution in [0.3, 0.4) is 0 Å². The van der Waals surface area contributed by atoms with Crippen LogP contribution >= 0.6 is 0 Å². The van der Waals surface area contributed by atoms with Crippen molar-refractivity contribution in [2.24, 2.45) is 5.92 Å². The molecule has 2 N–H and O–H groups in total. The van der Waals surface area contributed by atoms with Crippen LogP contribution in [-0.2, 0) is 20.5 Å². The van der Waals surface area contributed by atoms with Crippen molar-refractivity contribution in [2.75, 3.05) is 0 Å². The maximum Gasteiger partial charge on any atom is 0.419 e. The molecular weight excluding hydrogens is 370 g/mol. The van der Waals surface area contributed by atoms with Crippen molar-refractivity contribution in [1.82, 2.24) is 0 Å². The molecule has 0 heterocycles. The summed E-state index contributed by atoms with van der Waals surface area (Å²) in [6.07, 6.45) is -4.91. The largest absolute Gasteiger partial charge is 0.481 e. The second-order valence-electron chi connectivity index (χ2n) is 6.98. The van der Waals surface area contributed by atoms with Crippen LogP contribution in [0, 0.1) is 17.1 Å². The summed E-state index contributed by atoms with van der Waals surface area (Å²) in [7, 11) is 0. The van der Waals surface area contributed by atoms with Crippen LogP contribution in [0.1, 0.15) is 51.2 Å².